The molecule has 0 aliphatic rings. The molecule has 3 N–H and O–H groups in total. The van der Waals surface area contributed by atoms with E-state index >= 15 is 0 Å². The molecule has 0 saturated carbocycles. The van der Waals surface area contributed by atoms with Crippen LogP contribution in [0.25, 0.3) is 0 Å². The van der Waals surface area contributed by atoms with Gasteiger partial charge in [0, 0.05) is 29.5 Å². The summed E-state index contributed by atoms with van der Waals surface area (Å²) in [6.07, 6.45) is 3.08. The first kappa shape index (κ1) is 15.0. The lowest BCUT2D eigenvalue weighted by molar-refractivity contribution is 0.0992. The lowest BCUT2D eigenvalue weighted by Gasteiger charge is -2.20. The van der Waals surface area contributed by atoms with Crippen LogP contribution in [0.2, 0.25) is 0 Å². The Balaban J connectivity index is 2.41. The zero-order valence-electron chi connectivity index (χ0n) is 11.2. The van der Waals surface area contributed by atoms with E-state index in [-0.39, 0.29) is 11.7 Å². The quantitative estimate of drug-likeness (QED) is 0.385. The van der Waals surface area contributed by atoms with Crippen molar-refractivity contribution in [3.8, 4) is 0 Å². The van der Waals surface area contributed by atoms with Crippen molar-refractivity contribution >= 4 is 33.4 Å². The summed E-state index contributed by atoms with van der Waals surface area (Å²) < 4.78 is 0.714. The Bertz CT molecular complexity index is 703. The molecular formula is C14H13BrN4O2. The number of rotatable bonds is 3. The Labute approximate surface area is 130 Å². The molecule has 1 aromatic heterocycles. The van der Waals surface area contributed by atoms with Crippen LogP contribution in [0.4, 0.5) is 5.69 Å². The molecule has 0 aliphatic heterocycles. The number of carbonyl (C=O) groups is 1. The van der Waals surface area contributed by atoms with Gasteiger partial charge in [0.15, 0.2) is 5.84 Å². The van der Waals surface area contributed by atoms with Crippen LogP contribution in [0.15, 0.2) is 52.4 Å². The summed E-state index contributed by atoms with van der Waals surface area (Å²) in [7, 11) is 1.62. The number of pyridine rings is 1. The van der Waals surface area contributed by atoms with E-state index in [4.69, 9.17) is 10.9 Å². The van der Waals surface area contributed by atoms with Crippen molar-refractivity contribution in [2.24, 2.45) is 10.9 Å². The normalized spacial score (nSPS) is 11.2. The third kappa shape index (κ3) is 3.19. The Morgan fingerprint density at radius 3 is 2.76 bits per heavy atom. The molecule has 108 valence electrons. The predicted molar refractivity (Wildman–Crippen MR) is 83.6 cm³/mol. The minimum Gasteiger partial charge on any atom is -0.409 e. The SMILES string of the molecule is CN(C(=O)c1cncc(Br)c1)c1ccccc1/C(N)=N/O. The maximum atomic E-state index is 12.5. The van der Waals surface area contributed by atoms with Gasteiger partial charge in [-0.2, -0.15) is 0 Å². The highest BCUT2D eigenvalue weighted by molar-refractivity contribution is 9.10. The van der Waals surface area contributed by atoms with E-state index in [1.807, 2.05) is 0 Å². The summed E-state index contributed by atoms with van der Waals surface area (Å²) in [6.45, 7) is 0. The number of hydrogen-bond acceptors (Lipinski definition) is 4. The van der Waals surface area contributed by atoms with E-state index in [0.29, 0.717) is 21.3 Å². The number of amides is 1. The Morgan fingerprint density at radius 2 is 2.10 bits per heavy atom. The molecular weight excluding hydrogens is 336 g/mol. The van der Waals surface area contributed by atoms with Crippen LogP contribution in [0, 0.1) is 0 Å². The number of benzene rings is 1. The molecule has 2 aromatic rings. The Hall–Kier alpha value is -2.41. The van der Waals surface area contributed by atoms with Gasteiger partial charge in [-0.15, -0.1) is 0 Å². The van der Waals surface area contributed by atoms with Crippen LogP contribution in [0.1, 0.15) is 15.9 Å². The first-order chi connectivity index (χ1) is 10.0. The van der Waals surface area contributed by atoms with E-state index < -0.39 is 0 Å². The van der Waals surface area contributed by atoms with Crippen molar-refractivity contribution < 1.29 is 10.0 Å². The highest BCUT2D eigenvalue weighted by Crippen LogP contribution is 2.21. The Kier molecular flexibility index (Phi) is 4.54. The number of nitrogens with two attached hydrogens (primary N) is 1. The van der Waals surface area contributed by atoms with Crippen LogP contribution in [0.5, 0.6) is 0 Å². The average molecular weight is 349 g/mol. The summed E-state index contributed by atoms with van der Waals surface area (Å²) in [5, 5.41) is 11.8. The van der Waals surface area contributed by atoms with E-state index in [2.05, 4.69) is 26.1 Å². The van der Waals surface area contributed by atoms with E-state index in [0.717, 1.165) is 0 Å². The van der Waals surface area contributed by atoms with Gasteiger partial charge in [0.1, 0.15) is 0 Å². The molecule has 0 atom stereocenters. The van der Waals surface area contributed by atoms with Gasteiger partial charge in [0.05, 0.1) is 11.3 Å². The number of para-hydroxylation sites is 1. The number of amidine groups is 1. The topological polar surface area (TPSA) is 91.8 Å². The number of carbonyl (C=O) groups excluding carboxylic acids is 1. The number of aromatic nitrogens is 1. The lowest BCUT2D eigenvalue weighted by Crippen LogP contribution is -2.29. The zero-order chi connectivity index (χ0) is 15.4. The molecule has 0 fully saturated rings. The van der Waals surface area contributed by atoms with Gasteiger partial charge < -0.3 is 15.8 Å². The molecule has 1 aromatic carbocycles. The van der Waals surface area contributed by atoms with Crippen molar-refractivity contribution in [2.75, 3.05) is 11.9 Å². The zero-order valence-corrected chi connectivity index (χ0v) is 12.8. The number of hydrogen-bond donors (Lipinski definition) is 2. The monoisotopic (exact) mass is 348 g/mol. The summed E-state index contributed by atoms with van der Waals surface area (Å²) in [6, 6.07) is 8.59. The van der Waals surface area contributed by atoms with E-state index in [1.165, 1.54) is 11.1 Å². The lowest BCUT2D eigenvalue weighted by atomic mass is 10.1. The molecule has 0 saturated heterocycles. The van der Waals surface area contributed by atoms with Gasteiger partial charge in [0.2, 0.25) is 0 Å². The largest absolute Gasteiger partial charge is 0.409 e. The molecule has 21 heavy (non-hydrogen) atoms. The maximum absolute atomic E-state index is 12.5. The fourth-order valence-corrected chi connectivity index (χ4v) is 2.23. The molecule has 0 spiro atoms. The first-order valence-corrected chi connectivity index (χ1v) is 6.79. The second-order valence-corrected chi connectivity index (χ2v) is 5.17. The summed E-state index contributed by atoms with van der Waals surface area (Å²) in [5.41, 5.74) is 7.08. The van der Waals surface area contributed by atoms with E-state index in [1.54, 1.807) is 43.6 Å². The van der Waals surface area contributed by atoms with Crippen molar-refractivity contribution in [1.82, 2.24) is 4.98 Å². The predicted octanol–water partition coefficient (Wildman–Crippen LogP) is 2.22. The van der Waals surface area contributed by atoms with Crippen LogP contribution >= 0.6 is 15.9 Å². The van der Waals surface area contributed by atoms with Gasteiger partial charge in [0.25, 0.3) is 5.91 Å². The second-order valence-electron chi connectivity index (χ2n) is 4.26. The minimum atomic E-state index is -0.248. The highest BCUT2D eigenvalue weighted by atomic mass is 79.9. The standard InChI is InChI=1S/C14H13BrN4O2/c1-19(14(20)9-6-10(15)8-17-7-9)12-5-3-2-4-11(12)13(16)18-21/h2-8,21H,1H3,(H2,16,18). The molecule has 2 rings (SSSR count). The summed E-state index contributed by atoms with van der Waals surface area (Å²) >= 11 is 3.28. The van der Waals surface area contributed by atoms with Gasteiger partial charge in [-0.3, -0.25) is 9.78 Å². The fraction of sp³-hybridized carbons (Fsp3) is 0.0714. The van der Waals surface area contributed by atoms with Gasteiger partial charge >= 0.3 is 0 Å². The molecule has 1 amide bonds. The average Bonchev–Trinajstić information content (AvgIpc) is 2.52. The third-order valence-corrected chi connectivity index (χ3v) is 3.34. The van der Waals surface area contributed by atoms with Gasteiger partial charge in [-0.25, -0.2) is 0 Å². The third-order valence-electron chi connectivity index (χ3n) is 2.91. The van der Waals surface area contributed by atoms with Crippen LogP contribution in [-0.4, -0.2) is 29.0 Å². The van der Waals surface area contributed by atoms with Gasteiger partial charge in [-0.05, 0) is 34.1 Å². The molecule has 0 unspecified atom stereocenters. The van der Waals surface area contributed by atoms with Crippen molar-refractivity contribution in [3.63, 3.8) is 0 Å². The highest BCUT2D eigenvalue weighted by Gasteiger charge is 2.18. The van der Waals surface area contributed by atoms with Crippen LogP contribution < -0.4 is 10.6 Å². The smallest absolute Gasteiger partial charge is 0.259 e. The van der Waals surface area contributed by atoms with Crippen molar-refractivity contribution in [1.29, 1.82) is 0 Å². The molecule has 0 aliphatic carbocycles. The van der Waals surface area contributed by atoms with Crippen molar-refractivity contribution in [3.05, 3.63) is 58.3 Å². The minimum absolute atomic E-state index is 0.0578. The first-order valence-electron chi connectivity index (χ1n) is 6.00. The summed E-state index contributed by atoms with van der Waals surface area (Å²) in [5.74, 6) is -0.306. The Morgan fingerprint density at radius 1 is 1.38 bits per heavy atom. The number of halogens is 1. The van der Waals surface area contributed by atoms with Crippen LogP contribution in [0.3, 0.4) is 0 Å². The number of nitrogens with zero attached hydrogens (tertiary/aromatic N) is 3. The fourth-order valence-electron chi connectivity index (χ4n) is 1.87. The number of oxime groups is 1. The van der Waals surface area contributed by atoms with E-state index in [9.17, 15) is 4.79 Å². The molecule has 1 heterocycles. The molecule has 6 nitrogen and oxygen atoms in total. The maximum Gasteiger partial charge on any atom is 0.259 e. The second kappa shape index (κ2) is 6.36. The van der Waals surface area contributed by atoms with Crippen molar-refractivity contribution in [2.45, 2.75) is 0 Å². The van der Waals surface area contributed by atoms with Gasteiger partial charge in [-0.1, -0.05) is 17.3 Å². The van der Waals surface area contributed by atoms with Crippen LogP contribution in [-0.2, 0) is 0 Å². The summed E-state index contributed by atoms with van der Waals surface area (Å²) in [4.78, 5) is 17.9. The number of anilines is 1. The molecule has 0 bridgehead atoms. The molecule has 7 heteroatoms. The molecule has 0 radical (unpaired) electrons.